The van der Waals surface area contributed by atoms with Crippen LogP contribution in [-0.4, -0.2) is 22.3 Å². The van der Waals surface area contributed by atoms with Crippen molar-refractivity contribution in [3.05, 3.63) is 59.4 Å². The maximum absolute atomic E-state index is 12.4. The first-order valence-electron chi connectivity index (χ1n) is 6.30. The van der Waals surface area contributed by atoms with Crippen LogP contribution in [0.5, 0.6) is 0 Å². The number of pyridine rings is 1. The van der Waals surface area contributed by atoms with Gasteiger partial charge in [-0.25, -0.2) is 0 Å². The molecule has 4 heteroatoms. The summed E-state index contributed by atoms with van der Waals surface area (Å²) in [5, 5.41) is 0. The number of nitrogens with zero attached hydrogens (tertiary/aromatic N) is 2. The van der Waals surface area contributed by atoms with Crippen LogP contribution >= 0.6 is 0 Å². The molecule has 96 valence electrons. The van der Waals surface area contributed by atoms with Crippen LogP contribution in [0.2, 0.25) is 0 Å². The molecule has 1 aliphatic rings. The predicted octanol–water partition coefficient (Wildman–Crippen LogP) is 1.86. The third-order valence-electron chi connectivity index (χ3n) is 3.43. The number of fused-ring (bicyclic) bond motifs is 1. The second kappa shape index (κ2) is 4.72. The second-order valence-electron chi connectivity index (χ2n) is 4.75. The fraction of sp³-hybridized carbons (Fsp3) is 0.200. The van der Waals surface area contributed by atoms with Gasteiger partial charge in [0.15, 0.2) is 0 Å². The van der Waals surface area contributed by atoms with Gasteiger partial charge in [0, 0.05) is 36.7 Å². The normalized spacial score (nSPS) is 14.3. The summed E-state index contributed by atoms with van der Waals surface area (Å²) in [6.45, 7) is 1.37. The standard InChI is InChI=1S/C15H15N3O/c16-13-2-1-12-5-8-18(15(19)14(12)9-13)10-11-3-6-17-7-4-11/h1-4,6-7,9H,5,8,10,16H2. The highest BCUT2D eigenvalue weighted by Gasteiger charge is 2.24. The van der Waals surface area contributed by atoms with Crippen molar-refractivity contribution in [3.63, 3.8) is 0 Å². The monoisotopic (exact) mass is 253 g/mol. The van der Waals surface area contributed by atoms with E-state index in [9.17, 15) is 4.79 Å². The van der Waals surface area contributed by atoms with Crippen LogP contribution < -0.4 is 5.73 Å². The van der Waals surface area contributed by atoms with Crippen LogP contribution in [0.15, 0.2) is 42.7 Å². The van der Waals surface area contributed by atoms with E-state index in [1.54, 1.807) is 18.5 Å². The minimum absolute atomic E-state index is 0.0605. The Morgan fingerprint density at radius 2 is 2.00 bits per heavy atom. The smallest absolute Gasteiger partial charge is 0.254 e. The van der Waals surface area contributed by atoms with Crippen LogP contribution in [0.3, 0.4) is 0 Å². The highest BCUT2D eigenvalue weighted by molar-refractivity contribution is 5.97. The summed E-state index contributed by atoms with van der Waals surface area (Å²) < 4.78 is 0. The number of hydrogen-bond donors (Lipinski definition) is 1. The molecular formula is C15H15N3O. The van der Waals surface area contributed by atoms with E-state index < -0.39 is 0 Å². The van der Waals surface area contributed by atoms with E-state index in [2.05, 4.69) is 4.98 Å². The number of hydrogen-bond acceptors (Lipinski definition) is 3. The number of carbonyl (C=O) groups is 1. The van der Waals surface area contributed by atoms with Crippen molar-refractivity contribution in [1.82, 2.24) is 9.88 Å². The lowest BCUT2D eigenvalue weighted by molar-refractivity contribution is 0.0727. The Morgan fingerprint density at radius 3 is 2.79 bits per heavy atom. The van der Waals surface area contributed by atoms with Crippen molar-refractivity contribution in [3.8, 4) is 0 Å². The molecule has 0 saturated carbocycles. The van der Waals surface area contributed by atoms with E-state index in [4.69, 9.17) is 5.73 Å². The lowest BCUT2D eigenvalue weighted by Gasteiger charge is -2.28. The van der Waals surface area contributed by atoms with Gasteiger partial charge in [-0.05, 0) is 41.8 Å². The first-order chi connectivity index (χ1) is 9.24. The maximum Gasteiger partial charge on any atom is 0.254 e. The van der Waals surface area contributed by atoms with Gasteiger partial charge in [0.1, 0.15) is 0 Å². The molecule has 2 heterocycles. The minimum atomic E-state index is 0.0605. The summed E-state index contributed by atoms with van der Waals surface area (Å²) in [4.78, 5) is 18.3. The molecule has 1 aromatic heterocycles. The molecule has 0 spiro atoms. The Morgan fingerprint density at radius 1 is 1.21 bits per heavy atom. The minimum Gasteiger partial charge on any atom is -0.399 e. The van der Waals surface area contributed by atoms with Crippen molar-refractivity contribution in [2.24, 2.45) is 0 Å². The van der Waals surface area contributed by atoms with Gasteiger partial charge in [-0.2, -0.15) is 0 Å². The molecule has 0 saturated heterocycles. The molecule has 0 atom stereocenters. The molecule has 0 fully saturated rings. The Hall–Kier alpha value is -2.36. The average Bonchev–Trinajstić information content (AvgIpc) is 2.44. The summed E-state index contributed by atoms with van der Waals surface area (Å²) in [6.07, 6.45) is 4.37. The van der Waals surface area contributed by atoms with Crippen LogP contribution in [-0.2, 0) is 13.0 Å². The van der Waals surface area contributed by atoms with Crippen LogP contribution in [0.25, 0.3) is 0 Å². The van der Waals surface area contributed by atoms with E-state index in [1.807, 2.05) is 29.2 Å². The molecule has 0 unspecified atom stereocenters. The lowest BCUT2D eigenvalue weighted by Crippen LogP contribution is -2.37. The molecule has 4 nitrogen and oxygen atoms in total. The molecule has 0 radical (unpaired) electrons. The zero-order valence-electron chi connectivity index (χ0n) is 10.5. The fourth-order valence-corrected chi connectivity index (χ4v) is 2.40. The van der Waals surface area contributed by atoms with Gasteiger partial charge >= 0.3 is 0 Å². The number of benzene rings is 1. The Kier molecular flexibility index (Phi) is 2.91. The largest absolute Gasteiger partial charge is 0.399 e. The Bertz CT molecular complexity index is 610. The zero-order chi connectivity index (χ0) is 13.2. The number of rotatable bonds is 2. The van der Waals surface area contributed by atoms with Crippen LogP contribution in [0, 0.1) is 0 Å². The van der Waals surface area contributed by atoms with E-state index in [0.717, 1.165) is 29.7 Å². The fourth-order valence-electron chi connectivity index (χ4n) is 2.40. The van der Waals surface area contributed by atoms with E-state index >= 15 is 0 Å². The molecule has 2 N–H and O–H groups in total. The van der Waals surface area contributed by atoms with Gasteiger partial charge < -0.3 is 10.6 Å². The molecule has 0 aliphatic carbocycles. The van der Waals surface area contributed by atoms with Crippen molar-refractivity contribution < 1.29 is 4.79 Å². The zero-order valence-corrected chi connectivity index (χ0v) is 10.5. The van der Waals surface area contributed by atoms with Crippen molar-refractivity contribution in [2.45, 2.75) is 13.0 Å². The van der Waals surface area contributed by atoms with Crippen molar-refractivity contribution in [2.75, 3.05) is 12.3 Å². The van der Waals surface area contributed by atoms with Gasteiger partial charge in [-0.15, -0.1) is 0 Å². The molecule has 1 aromatic carbocycles. The first kappa shape index (κ1) is 11.7. The summed E-state index contributed by atoms with van der Waals surface area (Å²) in [5.41, 5.74) is 9.32. The van der Waals surface area contributed by atoms with E-state index in [0.29, 0.717) is 12.2 Å². The number of carbonyl (C=O) groups excluding carboxylic acids is 1. The summed E-state index contributed by atoms with van der Waals surface area (Å²) in [6, 6.07) is 9.44. The SMILES string of the molecule is Nc1ccc2c(c1)C(=O)N(Cc1ccncc1)CC2. The summed E-state index contributed by atoms with van der Waals surface area (Å²) >= 11 is 0. The average molecular weight is 253 g/mol. The first-order valence-corrected chi connectivity index (χ1v) is 6.30. The molecule has 2 aromatic rings. The third kappa shape index (κ3) is 2.29. The van der Waals surface area contributed by atoms with Gasteiger partial charge in [0.2, 0.25) is 0 Å². The van der Waals surface area contributed by atoms with Gasteiger partial charge in [0.05, 0.1) is 0 Å². The lowest BCUT2D eigenvalue weighted by atomic mass is 9.98. The number of aromatic nitrogens is 1. The third-order valence-corrected chi connectivity index (χ3v) is 3.43. The number of anilines is 1. The Labute approximate surface area is 111 Å². The molecule has 0 bridgehead atoms. The summed E-state index contributed by atoms with van der Waals surface area (Å²) in [7, 11) is 0. The maximum atomic E-state index is 12.4. The number of nitrogen functional groups attached to an aromatic ring is 1. The van der Waals surface area contributed by atoms with E-state index in [-0.39, 0.29) is 5.91 Å². The Balaban J connectivity index is 1.85. The summed E-state index contributed by atoms with van der Waals surface area (Å²) in [5.74, 6) is 0.0605. The molecule has 1 amide bonds. The van der Waals surface area contributed by atoms with Crippen LogP contribution in [0.4, 0.5) is 5.69 Å². The van der Waals surface area contributed by atoms with Gasteiger partial charge in [-0.1, -0.05) is 6.07 Å². The van der Waals surface area contributed by atoms with Crippen molar-refractivity contribution in [1.29, 1.82) is 0 Å². The number of amides is 1. The molecule has 19 heavy (non-hydrogen) atoms. The highest BCUT2D eigenvalue weighted by Crippen LogP contribution is 2.22. The predicted molar refractivity (Wildman–Crippen MR) is 73.5 cm³/mol. The van der Waals surface area contributed by atoms with Crippen LogP contribution in [0.1, 0.15) is 21.5 Å². The molecular weight excluding hydrogens is 238 g/mol. The topological polar surface area (TPSA) is 59.2 Å². The van der Waals surface area contributed by atoms with E-state index in [1.165, 1.54) is 0 Å². The van der Waals surface area contributed by atoms with Gasteiger partial charge in [-0.3, -0.25) is 9.78 Å². The van der Waals surface area contributed by atoms with Crippen molar-refractivity contribution >= 4 is 11.6 Å². The highest BCUT2D eigenvalue weighted by atomic mass is 16.2. The quantitative estimate of drug-likeness (QED) is 0.831. The molecule has 1 aliphatic heterocycles. The molecule has 3 rings (SSSR count). The second-order valence-corrected chi connectivity index (χ2v) is 4.75. The number of nitrogens with two attached hydrogens (primary N) is 1. The van der Waals surface area contributed by atoms with Gasteiger partial charge in [0.25, 0.3) is 5.91 Å².